The smallest absolute Gasteiger partial charge is 0.0101 e. The van der Waals surface area contributed by atoms with Crippen LogP contribution in [0.4, 0.5) is 0 Å². The Labute approximate surface area is 75.4 Å². The van der Waals surface area contributed by atoms with Gasteiger partial charge < -0.3 is 4.90 Å². The highest BCUT2D eigenvalue weighted by molar-refractivity contribution is 5.05. The van der Waals surface area contributed by atoms with Crippen LogP contribution < -0.4 is 0 Å². The SMILES string of the molecule is C=C(C)C1CC2CCC(C1)N2C. The number of nitrogens with zero attached hydrogens (tertiary/aromatic N) is 1. The van der Waals surface area contributed by atoms with Crippen molar-refractivity contribution in [2.24, 2.45) is 5.92 Å². The van der Waals surface area contributed by atoms with Crippen LogP contribution in [0.2, 0.25) is 0 Å². The van der Waals surface area contributed by atoms with Crippen LogP contribution in [0.3, 0.4) is 0 Å². The van der Waals surface area contributed by atoms with Crippen LogP contribution in [0.15, 0.2) is 12.2 Å². The summed E-state index contributed by atoms with van der Waals surface area (Å²) in [4.78, 5) is 2.58. The average molecular weight is 165 g/mol. The molecule has 2 saturated heterocycles. The first-order valence-electron chi connectivity index (χ1n) is 5.06. The fraction of sp³-hybridized carbons (Fsp3) is 0.818. The quantitative estimate of drug-likeness (QED) is 0.539. The zero-order chi connectivity index (χ0) is 8.72. The second-order valence-corrected chi connectivity index (χ2v) is 4.57. The normalized spacial score (nSPS) is 41.7. The summed E-state index contributed by atoms with van der Waals surface area (Å²) in [6.45, 7) is 6.27. The highest BCUT2D eigenvalue weighted by Crippen LogP contribution is 2.39. The minimum atomic E-state index is 0.818. The molecule has 1 nitrogen and oxygen atoms in total. The maximum Gasteiger partial charge on any atom is 0.0101 e. The molecule has 2 aliphatic heterocycles. The van der Waals surface area contributed by atoms with E-state index >= 15 is 0 Å². The Balaban J connectivity index is 2.07. The number of hydrogen-bond donors (Lipinski definition) is 0. The Kier molecular flexibility index (Phi) is 1.99. The van der Waals surface area contributed by atoms with Gasteiger partial charge in [0.15, 0.2) is 0 Å². The van der Waals surface area contributed by atoms with Gasteiger partial charge in [-0.15, -0.1) is 0 Å². The van der Waals surface area contributed by atoms with E-state index in [9.17, 15) is 0 Å². The van der Waals surface area contributed by atoms with E-state index in [1.54, 1.807) is 0 Å². The number of fused-ring (bicyclic) bond motifs is 2. The van der Waals surface area contributed by atoms with Gasteiger partial charge in [0.1, 0.15) is 0 Å². The lowest BCUT2D eigenvalue weighted by molar-refractivity contribution is 0.148. The number of piperidine rings is 1. The third-order valence-electron chi connectivity index (χ3n) is 3.80. The molecular formula is C11H19N. The minimum absolute atomic E-state index is 0.818. The van der Waals surface area contributed by atoms with Crippen molar-refractivity contribution in [3.05, 3.63) is 12.2 Å². The van der Waals surface area contributed by atoms with Crippen LogP contribution in [-0.2, 0) is 0 Å². The van der Waals surface area contributed by atoms with Crippen LogP contribution in [0.1, 0.15) is 32.6 Å². The van der Waals surface area contributed by atoms with Crippen molar-refractivity contribution in [2.75, 3.05) is 7.05 Å². The van der Waals surface area contributed by atoms with Gasteiger partial charge >= 0.3 is 0 Å². The first-order chi connectivity index (χ1) is 5.68. The van der Waals surface area contributed by atoms with Crippen LogP contribution in [0.5, 0.6) is 0 Å². The van der Waals surface area contributed by atoms with Crippen molar-refractivity contribution in [1.29, 1.82) is 0 Å². The zero-order valence-electron chi connectivity index (χ0n) is 8.21. The van der Waals surface area contributed by atoms with E-state index in [0.717, 1.165) is 18.0 Å². The fourth-order valence-corrected chi connectivity index (χ4v) is 2.81. The molecule has 1 heteroatoms. The highest BCUT2D eigenvalue weighted by Gasteiger charge is 2.38. The molecule has 68 valence electrons. The van der Waals surface area contributed by atoms with Crippen molar-refractivity contribution in [1.82, 2.24) is 4.90 Å². The molecule has 0 amide bonds. The molecule has 12 heavy (non-hydrogen) atoms. The molecule has 0 aliphatic carbocycles. The third kappa shape index (κ3) is 1.20. The topological polar surface area (TPSA) is 3.24 Å². The van der Waals surface area contributed by atoms with Gasteiger partial charge in [-0.05, 0) is 45.6 Å². The molecule has 2 atom stereocenters. The van der Waals surface area contributed by atoms with E-state index in [1.807, 2.05) is 0 Å². The second-order valence-electron chi connectivity index (χ2n) is 4.57. The lowest BCUT2D eigenvalue weighted by Crippen LogP contribution is -2.40. The number of allylic oxidation sites excluding steroid dienone is 1. The summed E-state index contributed by atoms with van der Waals surface area (Å²) in [5.74, 6) is 0.818. The molecule has 0 radical (unpaired) electrons. The molecule has 0 aromatic heterocycles. The predicted molar refractivity (Wildman–Crippen MR) is 52.1 cm³/mol. The minimum Gasteiger partial charge on any atom is -0.300 e. The average Bonchev–Trinajstić information content (AvgIpc) is 2.30. The van der Waals surface area contributed by atoms with Gasteiger partial charge in [0.05, 0.1) is 0 Å². The van der Waals surface area contributed by atoms with E-state index in [2.05, 4.69) is 25.5 Å². The summed E-state index contributed by atoms with van der Waals surface area (Å²) >= 11 is 0. The number of rotatable bonds is 1. The van der Waals surface area contributed by atoms with E-state index in [4.69, 9.17) is 0 Å². The lowest BCUT2D eigenvalue weighted by Gasteiger charge is -2.36. The first-order valence-corrected chi connectivity index (χ1v) is 5.06. The third-order valence-corrected chi connectivity index (χ3v) is 3.80. The van der Waals surface area contributed by atoms with Crippen LogP contribution in [0.25, 0.3) is 0 Å². The van der Waals surface area contributed by atoms with E-state index in [1.165, 1.54) is 31.3 Å². The van der Waals surface area contributed by atoms with E-state index in [-0.39, 0.29) is 0 Å². The Morgan fingerprint density at radius 3 is 2.17 bits per heavy atom. The van der Waals surface area contributed by atoms with Gasteiger partial charge in [-0.25, -0.2) is 0 Å². The van der Waals surface area contributed by atoms with Crippen molar-refractivity contribution in [3.8, 4) is 0 Å². The molecule has 0 saturated carbocycles. The molecule has 2 unspecified atom stereocenters. The molecule has 0 aromatic rings. The van der Waals surface area contributed by atoms with Crippen LogP contribution in [0, 0.1) is 5.92 Å². The summed E-state index contributed by atoms with van der Waals surface area (Å²) in [7, 11) is 2.29. The van der Waals surface area contributed by atoms with Crippen molar-refractivity contribution >= 4 is 0 Å². The molecule has 0 N–H and O–H groups in total. The summed E-state index contributed by atoms with van der Waals surface area (Å²) in [6.07, 6.45) is 5.57. The Hall–Kier alpha value is -0.300. The maximum atomic E-state index is 4.08. The van der Waals surface area contributed by atoms with Gasteiger partial charge in [0, 0.05) is 12.1 Å². The molecule has 2 bridgehead atoms. The van der Waals surface area contributed by atoms with Gasteiger partial charge in [0.25, 0.3) is 0 Å². The van der Waals surface area contributed by atoms with Crippen LogP contribution >= 0.6 is 0 Å². The summed E-state index contributed by atoms with van der Waals surface area (Å²) < 4.78 is 0. The van der Waals surface area contributed by atoms with Gasteiger partial charge in [-0.2, -0.15) is 0 Å². The van der Waals surface area contributed by atoms with Gasteiger partial charge in [-0.3, -0.25) is 0 Å². The Morgan fingerprint density at radius 1 is 1.25 bits per heavy atom. The van der Waals surface area contributed by atoms with Gasteiger partial charge in [-0.1, -0.05) is 12.2 Å². The Morgan fingerprint density at radius 2 is 1.75 bits per heavy atom. The molecule has 0 spiro atoms. The van der Waals surface area contributed by atoms with Gasteiger partial charge in [0.2, 0.25) is 0 Å². The van der Waals surface area contributed by atoms with Crippen molar-refractivity contribution in [2.45, 2.75) is 44.7 Å². The fourth-order valence-electron chi connectivity index (χ4n) is 2.81. The molecular weight excluding hydrogens is 146 g/mol. The molecule has 2 heterocycles. The van der Waals surface area contributed by atoms with Crippen molar-refractivity contribution < 1.29 is 0 Å². The standard InChI is InChI=1S/C11H19N/c1-8(2)9-6-10-4-5-11(7-9)12(10)3/h9-11H,1,4-7H2,2-3H3. The maximum absolute atomic E-state index is 4.08. The first kappa shape index (κ1) is 8.31. The van der Waals surface area contributed by atoms with Crippen LogP contribution in [-0.4, -0.2) is 24.0 Å². The van der Waals surface area contributed by atoms with E-state index < -0.39 is 0 Å². The molecule has 0 aromatic carbocycles. The Bertz CT molecular complexity index is 183. The molecule has 2 fully saturated rings. The largest absolute Gasteiger partial charge is 0.300 e. The monoisotopic (exact) mass is 165 g/mol. The summed E-state index contributed by atoms with van der Waals surface area (Å²) in [5.41, 5.74) is 1.40. The lowest BCUT2D eigenvalue weighted by atomic mass is 9.86. The van der Waals surface area contributed by atoms with Crippen molar-refractivity contribution in [3.63, 3.8) is 0 Å². The van der Waals surface area contributed by atoms with E-state index in [0.29, 0.717) is 0 Å². The molecule has 2 rings (SSSR count). The summed E-state index contributed by atoms with van der Waals surface area (Å²) in [5, 5.41) is 0. The zero-order valence-corrected chi connectivity index (χ0v) is 8.21. The second kappa shape index (κ2) is 2.88. The molecule has 2 aliphatic rings. The highest BCUT2D eigenvalue weighted by atomic mass is 15.2. The predicted octanol–water partition coefficient (Wildman–Crippen LogP) is 2.44. The number of hydrogen-bond acceptors (Lipinski definition) is 1. The summed E-state index contributed by atoms with van der Waals surface area (Å²) in [6, 6.07) is 1.73.